The highest BCUT2D eigenvalue weighted by atomic mass is 35.5. The van der Waals surface area contributed by atoms with Gasteiger partial charge in [-0.15, -0.1) is 0 Å². The van der Waals surface area contributed by atoms with E-state index in [-0.39, 0.29) is 29.1 Å². The van der Waals surface area contributed by atoms with Crippen LogP contribution in [0.2, 0.25) is 5.02 Å². The predicted molar refractivity (Wildman–Crippen MR) is 160 cm³/mol. The van der Waals surface area contributed by atoms with Crippen molar-refractivity contribution in [1.82, 2.24) is 4.90 Å². The lowest BCUT2D eigenvalue weighted by molar-refractivity contribution is -0.143. The van der Waals surface area contributed by atoms with Crippen molar-refractivity contribution in [2.45, 2.75) is 84.7 Å². The lowest BCUT2D eigenvalue weighted by atomic mass is 9.70. The monoisotopic (exact) mass is 565 g/mol. The number of hydrogen-bond donors (Lipinski definition) is 0. The molecule has 2 aromatic carbocycles. The standard InChI is InChI=1S/C34H44ClNO4/c1-5-40-32(38)15-19-36-23-29-26(16-20-39-24-25-9-7-6-8-10-25)14-18-34(29,22-31(36)37)28-12-11-27(30(35)21-28)13-17-33(2,3)4/h6-12,21,23,26H,5,13-20,22,24H2,1-4H3. The number of halogens is 1. The molecule has 2 unspecified atom stereocenters. The quantitative estimate of drug-likeness (QED) is 0.196. The fraction of sp³-hybridized carbons (Fsp3) is 0.529. The Morgan fingerprint density at radius 1 is 1.15 bits per heavy atom. The minimum Gasteiger partial charge on any atom is -0.466 e. The van der Waals surface area contributed by atoms with Gasteiger partial charge in [0, 0.05) is 36.2 Å². The molecule has 2 atom stereocenters. The molecule has 6 heteroatoms. The molecule has 1 saturated carbocycles. The Morgan fingerprint density at radius 3 is 2.62 bits per heavy atom. The summed E-state index contributed by atoms with van der Waals surface area (Å²) in [6.45, 7) is 10.4. The molecular formula is C34H44ClNO4. The number of ether oxygens (including phenoxy) is 2. The van der Waals surface area contributed by atoms with Gasteiger partial charge in [0.1, 0.15) is 0 Å². The lowest BCUT2D eigenvalue weighted by Crippen LogP contribution is -2.42. The fourth-order valence-electron chi connectivity index (χ4n) is 6.02. The van der Waals surface area contributed by atoms with Crippen molar-refractivity contribution in [3.8, 4) is 0 Å². The molecule has 0 bridgehead atoms. The maximum atomic E-state index is 13.4. The van der Waals surface area contributed by atoms with E-state index >= 15 is 0 Å². The van der Waals surface area contributed by atoms with Crippen LogP contribution in [0.1, 0.15) is 82.9 Å². The molecule has 1 aliphatic heterocycles. The van der Waals surface area contributed by atoms with Gasteiger partial charge in [0.2, 0.25) is 5.91 Å². The van der Waals surface area contributed by atoms with E-state index in [0.29, 0.717) is 38.7 Å². The molecule has 2 aliphatic rings. The van der Waals surface area contributed by atoms with Gasteiger partial charge in [-0.25, -0.2) is 0 Å². The minimum absolute atomic E-state index is 0.0435. The highest BCUT2D eigenvalue weighted by Crippen LogP contribution is 2.54. The Morgan fingerprint density at radius 2 is 1.93 bits per heavy atom. The van der Waals surface area contributed by atoms with Crippen molar-refractivity contribution < 1.29 is 19.1 Å². The van der Waals surface area contributed by atoms with Crippen LogP contribution in [0, 0.1) is 11.3 Å². The first-order valence-corrected chi connectivity index (χ1v) is 15.1. The number of benzene rings is 2. The van der Waals surface area contributed by atoms with Gasteiger partial charge in [-0.05, 0) is 78.7 Å². The number of hydrogen-bond acceptors (Lipinski definition) is 4. The summed E-state index contributed by atoms with van der Waals surface area (Å²) >= 11 is 6.85. The maximum absolute atomic E-state index is 13.4. The van der Waals surface area contributed by atoms with Gasteiger partial charge in [0.25, 0.3) is 0 Å². The molecule has 1 amide bonds. The zero-order valence-corrected chi connectivity index (χ0v) is 25.3. The number of rotatable bonds is 12. The number of nitrogens with zero attached hydrogens (tertiary/aromatic N) is 1. The summed E-state index contributed by atoms with van der Waals surface area (Å²) in [5.41, 5.74) is 4.57. The molecule has 1 aliphatic carbocycles. The van der Waals surface area contributed by atoms with Crippen LogP contribution in [0.3, 0.4) is 0 Å². The van der Waals surface area contributed by atoms with E-state index < -0.39 is 0 Å². The molecule has 2 aromatic rings. The fourth-order valence-corrected chi connectivity index (χ4v) is 6.30. The normalized spacial score (nSPS) is 20.8. The average molecular weight is 566 g/mol. The van der Waals surface area contributed by atoms with Gasteiger partial charge in [0.05, 0.1) is 19.6 Å². The molecule has 0 saturated heterocycles. The number of esters is 1. The Hall–Kier alpha value is -2.63. The summed E-state index contributed by atoms with van der Waals surface area (Å²) in [6.07, 6.45) is 7.37. The molecule has 0 aromatic heterocycles. The summed E-state index contributed by atoms with van der Waals surface area (Å²) in [5.74, 6) is 0.0655. The Balaban J connectivity index is 1.55. The third kappa shape index (κ3) is 7.55. The van der Waals surface area contributed by atoms with Gasteiger partial charge >= 0.3 is 5.97 Å². The van der Waals surface area contributed by atoms with Crippen molar-refractivity contribution >= 4 is 23.5 Å². The van der Waals surface area contributed by atoms with E-state index in [0.717, 1.165) is 53.8 Å². The molecule has 216 valence electrons. The first-order chi connectivity index (χ1) is 19.1. The Kier molecular flexibility index (Phi) is 10.1. The van der Waals surface area contributed by atoms with Crippen molar-refractivity contribution in [2.24, 2.45) is 11.3 Å². The van der Waals surface area contributed by atoms with Crippen LogP contribution < -0.4 is 0 Å². The van der Waals surface area contributed by atoms with Crippen LogP contribution >= 0.6 is 11.6 Å². The van der Waals surface area contributed by atoms with Crippen molar-refractivity contribution in [2.75, 3.05) is 19.8 Å². The van der Waals surface area contributed by atoms with E-state index in [2.05, 4.69) is 51.1 Å². The molecule has 0 spiro atoms. The Labute approximate surface area is 244 Å². The van der Waals surface area contributed by atoms with Crippen LogP contribution in [0.15, 0.2) is 60.3 Å². The van der Waals surface area contributed by atoms with Crippen LogP contribution in [0.4, 0.5) is 0 Å². The molecule has 0 N–H and O–H groups in total. The van der Waals surface area contributed by atoms with E-state index in [1.54, 1.807) is 11.8 Å². The van der Waals surface area contributed by atoms with E-state index in [1.807, 2.05) is 24.4 Å². The molecule has 4 rings (SSSR count). The van der Waals surface area contributed by atoms with Crippen LogP contribution in [-0.2, 0) is 37.5 Å². The average Bonchev–Trinajstić information content (AvgIpc) is 3.27. The first-order valence-electron chi connectivity index (χ1n) is 14.7. The van der Waals surface area contributed by atoms with Crippen molar-refractivity contribution in [3.63, 3.8) is 0 Å². The third-order valence-corrected chi connectivity index (χ3v) is 8.67. The number of amides is 1. The molecule has 1 heterocycles. The van der Waals surface area contributed by atoms with E-state index in [9.17, 15) is 9.59 Å². The summed E-state index contributed by atoms with van der Waals surface area (Å²) in [5, 5.41) is 0.780. The van der Waals surface area contributed by atoms with Gasteiger partial charge in [-0.3, -0.25) is 9.59 Å². The van der Waals surface area contributed by atoms with Crippen LogP contribution in [0.25, 0.3) is 0 Å². The molecule has 40 heavy (non-hydrogen) atoms. The van der Waals surface area contributed by atoms with Gasteiger partial charge in [-0.1, -0.05) is 74.8 Å². The largest absolute Gasteiger partial charge is 0.466 e. The number of carbonyl (C=O) groups excluding carboxylic acids is 2. The first kappa shape index (κ1) is 30.3. The summed E-state index contributed by atoms with van der Waals surface area (Å²) in [4.78, 5) is 27.2. The second kappa shape index (κ2) is 13.4. The van der Waals surface area contributed by atoms with E-state index in [1.165, 1.54) is 5.57 Å². The van der Waals surface area contributed by atoms with Crippen molar-refractivity contribution in [1.29, 1.82) is 0 Å². The zero-order chi connectivity index (χ0) is 28.8. The van der Waals surface area contributed by atoms with Crippen LogP contribution in [-0.4, -0.2) is 36.5 Å². The van der Waals surface area contributed by atoms with Crippen molar-refractivity contribution in [3.05, 3.63) is 82.0 Å². The summed E-state index contributed by atoms with van der Waals surface area (Å²) in [7, 11) is 0. The number of aryl methyl sites for hydroxylation is 1. The lowest BCUT2D eigenvalue weighted by Gasteiger charge is -2.39. The molecule has 0 radical (unpaired) electrons. The van der Waals surface area contributed by atoms with Gasteiger partial charge in [-0.2, -0.15) is 0 Å². The second-order valence-electron chi connectivity index (χ2n) is 12.4. The number of carbonyl (C=O) groups is 2. The summed E-state index contributed by atoms with van der Waals surface area (Å²) in [6, 6.07) is 16.7. The highest BCUT2D eigenvalue weighted by molar-refractivity contribution is 6.31. The van der Waals surface area contributed by atoms with Crippen LogP contribution in [0.5, 0.6) is 0 Å². The SMILES string of the molecule is CCOC(=O)CCN1C=C2C(CCOCc3ccccc3)CCC2(c2ccc(CCC(C)(C)C)c(Cl)c2)CC1=O. The minimum atomic E-state index is -0.367. The van der Waals surface area contributed by atoms with E-state index in [4.69, 9.17) is 21.1 Å². The second-order valence-corrected chi connectivity index (χ2v) is 12.8. The zero-order valence-electron chi connectivity index (χ0n) is 24.5. The molecular weight excluding hydrogens is 522 g/mol. The van der Waals surface area contributed by atoms with Gasteiger partial charge in [0.15, 0.2) is 0 Å². The number of allylic oxidation sites excluding steroid dienone is 1. The topological polar surface area (TPSA) is 55.8 Å². The number of fused-ring (bicyclic) bond motifs is 1. The molecule has 5 nitrogen and oxygen atoms in total. The third-order valence-electron chi connectivity index (χ3n) is 8.31. The predicted octanol–water partition coefficient (Wildman–Crippen LogP) is 7.64. The highest BCUT2D eigenvalue weighted by Gasteiger charge is 2.49. The maximum Gasteiger partial charge on any atom is 0.307 e. The summed E-state index contributed by atoms with van der Waals surface area (Å²) < 4.78 is 11.2. The smallest absolute Gasteiger partial charge is 0.307 e. The molecule has 1 fully saturated rings. The van der Waals surface area contributed by atoms with Gasteiger partial charge < -0.3 is 14.4 Å². The Bertz CT molecular complexity index is 1200.